The molecule has 0 radical (unpaired) electrons. The molecule has 0 saturated heterocycles. The van der Waals surface area contributed by atoms with Crippen LogP contribution in [0, 0.1) is 5.82 Å². The molecule has 16 heavy (non-hydrogen) atoms. The number of anilines is 1. The van der Waals surface area contributed by atoms with Crippen molar-refractivity contribution in [1.29, 1.82) is 0 Å². The molecule has 0 aliphatic rings. The van der Waals surface area contributed by atoms with Crippen LogP contribution in [0.25, 0.3) is 0 Å². The van der Waals surface area contributed by atoms with Gasteiger partial charge in [0.1, 0.15) is 5.82 Å². The average Bonchev–Trinajstić information content (AvgIpc) is 2.70. The van der Waals surface area contributed by atoms with Crippen molar-refractivity contribution in [3.63, 3.8) is 0 Å². The van der Waals surface area contributed by atoms with E-state index >= 15 is 0 Å². The fourth-order valence-electron chi connectivity index (χ4n) is 1.57. The van der Waals surface area contributed by atoms with Crippen LogP contribution in [0.2, 0.25) is 0 Å². The Kier molecular flexibility index (Phi) is 3.19. The van der Waals surface area contributed by atoms with E-state index in [-0.39, 0.29) is 5.82 Å². The van der Waals surface area contributed by atoms with Gasteiger partial charge in [0, 0.05) is 24.5 Å². The van der Waals surface area contributed by atoms with Gasteiger partial charge in [0.05, 0.1) is 6.54 Å². The van der Waals surface area contributed by atoms with Gasteiger partial charge in [-0.15, -0.1) is 0 Å². The first kappa shape index (κ1) is 10.7. The zero-order chi connectivity index (χ0) is 11.4. The van der Waals surface area contributed by atoms with Gasteiger partial charge in [0.15, 0.2) is 0 Å². The molecule has 0 aliphatic carbocycles. The largest absolute Gasteiger partial charge is 0.356 e. The number of hydrogen-bond acceptors (Lipinski definition) is 2. The molecule has 2 aromatic rings. The maximum Gasteiger partial charge on any atom is 0.203 e. The molecule has 1 aromatic carbocycles. The lowest BCUT2D eigenvalue weighted by molar-refractivity contribution is 0.600. The second kappa shape index (κ2) is 4.79. The van der Waals surface area contributed by atoms with E-state index in [1.54, 1.807) is 18.3 Å². The molecule has 0 atom stereocenters. The van der Waals surface area contributed by atoms with Crippen LogP contribution in [0.15, 0.2) is 36.7 Å². The van der Waals surface area contributed by atoms with E-state index in [0.29, 0.717) is 12.1 Å². The van der Waals surface area contributed by atoms with E-state index < -0.39 is 0 Å². The summed E-state index contributed by atoms with van der Waals surface area (Å²) >= 11 is 0. The van der Waals surface area contributed by atoms with Gasteiger partial charge in [-0.3, -0.25) is 0 Å². The Bertz CT molecular complexity index is 465. The third-order valence-corrected chi connectivity index (χ3v) is 2.35. The molecule has 0 unspecified atom stereocenters. The van der Waals surface area contributed by atoms with E-state index in [4.69, 9.17) is 0 Å². The summed E-state index contributed by atoms with van der Waals surface area (Å²) in [4.78, 5) is 4.16. The van der Waals surface area contributed by atoms with Crippen LogP contribution in [-0.4, -0.2) is 16.1 Å². The summed E-state index contributed by atoms with van der Waals surface area (Å²) in [7, 11) is 0. The predicted octanol–water partition coefficient (Wildman–Crippen LogP) is 2.50. The summed E-state index contributed by atoms with van der Waals surface area (Å²) in [5.41, 5.74) is 0.666. The van der Waals surface area contributed by atoms with Crippen LogP contribution in [0.4, 0.5) is 10.3 Å². The lowest BCUT2D eigenvalue weighted by atomic mass is 10.2. The number of hydrogen-bond donors (Lipinski definition) is 1. The van der Waals surface area contributed by atoms with Crippen LogP contribution in [0.5, 0.6) is 0 Å². The highest BCUT2D eigenvalue weighted by atomic mass is 19.1. The molecule has 4 heteroatoms. The predicted molar refractivity (Wildman–Crippen MR) is 61.9 cm³/mol. The van der Waals surface area contributed by atoms with Crippen LogP contribution in [0.1, 0.15) is 12.5 Å². The van der Waals surface area contributed by atoms with Gasteiger partial charge in [-0.25, -0.2) is 9.37 Å². The third kappa shape index (κ3) is 2.21. The smallest absolute Gasteiger partial charge is 0.203 e. The molecule has 1 N–H and O–H groups in total. The molecule has 1 heterocycles. The van der Waals surface area contributed by atoms with Crippen LogP contribution in [0.3, 0.4) is 0 Å². The van der Waals surface area contributed by atoms with Crippen molar-refractivity contribution in [2.75, 3.05) is 11.9 Å². The number of aromatic nitrogens is 2. The highest BCUT2D eigenvalue weighted by molar-refractivity contribution is 5.28. The van der Waals surface area contributed by atoms with Gasteiger partial charge in [-0.2, -0.15) is 0 Å². The van der Waals surface area contributed by atoms with E-state index in [9.17, 15) is 4.39 Å². The standard InChI is InChI=1S/C12H14FN3/c1-2-14-12-15-7-8-16(12)9-10-5-3-4-6-11(10)13/h3-8H,2,9H2,1H3,(H,14,15). The molecule has 3 nitrogen and oxygen atoms in total. The van der Waals surface area contributed by atoms with Crippen LogP contribution < -0.4 is 5.32 Å². The van der Waals surface area contributed by atoms with Crippen molar-refractivity contribution in [2.45, 2.75) is 13.5 Å². The fourth-order valence-corrected chi connectivity index (χ4v) is 1.57. The van der Waals surface area contributed by atoms with Gasteiger partial charge in [-0.05, 0) is 13.0 Å². The van der Waals surface area contributed by atoms with Crippen molar-refractivity contribution in [1.82, 2.24) is 9.55 Å². The molecule has 0 spiro atoms. The molecule has 0 saturated carbocycles. The molecule has 84 valence electrons. The SMILES string of the molecule is CCNc1nccn1Cc1ccccc1F. The minimum Gasteiger partial charge on any atom is -0.356 e. The summed E-state index contributed by atoms with van der Waals surface area (Å²) in [5.74, 6) is 0.587. The van der Waals surface area contributed by atoms with Crippen LogP contribution in [-0.2, 0) is 6.54 Å². The first-order chi connectivity index (χ1) is 7.81. The van der Waals surface area contributed by atoms with Crippen molar-refractivity contribution in [2.24, 2.45) is 0 Å². The lowest BCUT2D eigenvalue weighted by Gasteiger charge is -2.08. The van der Waals surface area contributed by atoms with Crippen molar-refractivity contribution >= 4 is 5.95 Å². The highest BCUT2D eigenvalue weighted by Gasteiger charge is 2.05. The quantitative estimate of drug-likeness (QED) is 0.856. The molecule has 1 aromatic heterocycles. The minimum atomic E-state index is -0.182. The maximum absolute atomic E-state index is 13.4. The Morgan fingerprint density at radius 1 is 1.38 bits per heavy atom. The third-order valence-electron chi connectivity index (χ3n) is 2.35. The van der Waals surface area contributed by atoms with E-state index in [0.717, 1.165) is 12.5 Å². The monoisotopic (exact) mass is 219 g/mol. The maximum atomic E-state index is 13.4. The Balaban J connectivity index is 2.20. The first-order valence-corrected chi connectivity index (χ1v) is 5.29. The summed E-state index contributed by atoms with van der Waals surface area (Å²) < 4.78 is 15.3. The lowest BCUT2D eigenvalue weighted by Crippen LogP contribution is -2.08. The summed E-state index contributed by atoms with van der Waals surface area (Å²) in [6.07, 6.45) is 3.54. The molecule has 0 amide bonds. The first-order valence-electron chi connectivity index (χ1n) is 5.29. The Labute approximate surface area is 93.9 Å². The fraction of sp³-hybridized carbons (Fsp3) is 0.250. The second-order valence-electron chi connectivity index (χ2n) is 3.50. The van der Waals surface area contributed by atoms with Gasteiger partial charge in [0.25, 0.3) is 0 Å². The van der Waals surface area contributed by atoms with Gasteiger partial charge in [-0.1, -0.05) is 18.2 Å². The highest BCUT2D eigenvalue weighted by Crippen LogP contribution is 2.12. The molecule has 0 bridgehead atoms. The van der Waals surface area contributed by atoms with E-state index in [1.807, 2.05) is 23.8 Å². The zero-order valence-corrected chi connectivity index (χ0v) is 9.15. The number of benzene rings is 1. The summed E-state index contributed by atoms with van der Waals surface area (Å²) in [6, 6.07) is 6.78. The Morgan fingerprint density at radius 2 is 2.19 bits per heavy atom. The average molecular weight is 219 g/mol. The van der Waals surface area contributed by atoms with Crippen LogP contribution >= 0.6 is 0 Å². The summed E-state index contributed by atoms with van der Waals surface area (Å²) in [6.45, 7) is 3.30. The minimum absolute atomic E-state index is 0.182. The molecular formula is C12H14FN3. The van der Waals surface area contributed by atoms with E-state index in [1.165, 1.54) is 6.07 Å². The van der Waals surface area contributed by atoms with E-state index in [2.05, 4.69) is 10.3 Å². The number of rotatable bonds is 4. The van der Waals surface area contributed by atoms with Gasteiger partial charge >= 0.3 is 0 Å². The molecule has 2 rings (SSSR count). The van der Waals surface area contributed by atoms with Gasteiger partial charge < -0.3 is 9.88 Å². The molecule has 0 fully saturated rings. The van der Waals surface area contributed by atoms with Crippen molar-refractivity contribution < 1.29 is 4.39 Å². The number of nitrogens with one attached hydrogen (secondary N) is 1. The number of halogens is 1. The summed E-state index contributed by atoms with van der Waals surface area (Å²) in [5, 5.41) is 3.13. The van der Waals surface area contributed by atoms with Crippen molar-refractivity contribution in [3.05, 3.63) is 48.0 Å². The second-order valence-corrected chi connectivity index (χ2v) is 3.50. The molecule has 0 aliphatic heterocycles. The Hall–Kier alpha value is -1.84. The molecular weight excluding hydrogens is 205 g/mol. The topological polar surface area (TPSA) is 29.9 Å². The Morgan fingerprint density at radius 3 is 2.94 bits per heavy atom. The zero-order valence-electron chi connectivity index (χ0n) is 9.15. The van der Waals surface area contributed by atoms with Crippen molar-refractivity contribution in [3.8, 4) is 0 Å². The number of nitrogens with zero attached hydrogens (tertiary/aromatic N) is 2. The number of imidazole rings is 1. The normalized spacial score (nSPS) is 10.4. The van der Waals surface area contributed by atoms with Gasteiger partial charge in [0.2, 0.25) is 5.95 Å².